The summed E-state index contributed by atoms with van der Waals surface area (Å²) in [6.07, 6.45) is 0. The van der Waals surface area contributed by atoms with Gasteiger partial charge in [-0.3, -0.25) is 0 Å². The minimum atomic E-state index is 0.172. The van der Waals surface area contributed by atoms with Crippen LogP contribution in [-0.2, 0) is 0 Å². The van der Waals surface area contributed by atoms with Gasteiger partial charge in [0.15, 0.2) is 0 Å². The van der Waals surface area contributed by atoms with Crippen LogP contribution in [0.4, 0.5) is 0 Å². The molecule has 0 fully saturated rings. The molecule has 2 aromatic carbocycles. The zero-order valence-corrected chi connectivity index (χ0v) is 14.9. The summed E-state index contributed by atoms with van der Waals surface area (Å²) in [4.78, 5) is 0. The summed E-state index contributed by atoms with van der Waals surface area (Å²) in [7, 11) is 1.98. The van der Waals surface area contributed by atoms with Gasteiger partial charge in [0, 0.05) is 3.57 Å². The number of benzene rings is 2. The topological polar surface area (TPSA) is 12.0 Å². The van der Waals surface area contributed by atoms with Crippen LogP contribution in [0, 0.1) is 3.57 Å². The smallest absolute Gasteiger partial charge is 0.0574 e. The average Bonchev–Trinajstić information content (AvgIpc) is 2.44. The van der Waals surface area contributed by atoms with Gasteiger partial charge in [-0.1, -0.05) is 55.8 Å². The fraction of sp³-hybridized carbons (Fsp3) is 0.294. The third-order valence-corrected chi connectivity index (χ3v) is 5.07. The van der Waals surface area contributed by atoms with Crippen molar-refractivity contribution in [2.75, 3.05) is 7.05 Å². The zero-order valence-electron chi connectivity index (χ0n) is 12.0. The van der Waals surface area contributed by atoms with Gasteiger partial charge in [0.2, 0.25) is 0 Å². The van der Waals surface area contributed by atoms with Crippen LogP contribution in [0.15, 0.2) is 42.5 Å². The van der Waals surface area contributed by atoms with Crippen LogP contribution in [0.1, 0.15) is 42.5 Å². The summed E-state index contributed by atoms with van der Waals surface area (Å²) in [6, 6.07) is 15.2. The third-order valence-electron chi connectivity index (χ3n) is 3.50. The molecule has 0 aliphatic heterocycles. The Hall–Kier alpha value is -0.580. The molecule has 0 saturated carbocycles. The Morgan fingerprint density at radius 2 is 1.50 bits per heavy atom. The average molecular weight is 400 g/mol. The van der Waals surface area contributed by atoms with Gasteiger partial charge in [-0.25, -0.2) is 0 Å². The largest absolute Gasteiger partial charge is 0.309 e. The van der Waals surface area contributed by atoms with E-state index in [1.165, 1.54) is 16.7 Å². The van der Waals surface area contributed by atoms with Crippen molar-refractivity contribution in [2.24, 2.45) is 0 Å². The highest BCUT2D eigenvalue weighted by Crippen LogP contribution is 2.28. The number of hydrogen-bond acceptors (Lipinski definition) is 1. The predicted molar refractivity (Wildman–Crippen MR) is 95.6 cm³/mol. The van der Waals surface area contributed by atoms with Crippen LogP contribution >= 0.6 is 34.2 Å². The van der Waals surface area contributed by atoms with Crippen molar-refractivity contribution in [2.45, 2.75) is 25.8 Å². The second-order valence-electron chi connectivity index (χ2n) is 5.22. The fourth-order valence-corrected chi connectivity index (χ4v) is 2.82. The molecule has 0 aliphatic carbocycles. The third kappa shape index (κ3) is 3.54. The summed E-state index contributed by atoms with van der Waals surface area (Å²) in [6.45, 7) is 4.42. The van der Waals surface area contributed by atoms with E-state index in [1.807, 2.05) is 13.1 Å². The van der Waals surface area contributed by atoms with E-state index in [9.17, 15) is 0 Å². The maximum Gasteiger partial charge on any atom is 0.0574 e. The normalized spacial score (nSPS) is 12.7. The molecule has 2 aromatic rings. The van der Waals surface area contributed by atoms with E-state index in [-0.39, 0.29) is 6.04 Å². The Balaban J connectivity index is 2.33. The molecule has 0 amide bonds. The second kappa shape index (κ2) is 6.92. The van der Waals surface area contributed by atoms with Crippen LogP contribution in [0.2, 0.25) is 5.02 Å². The monoisotopic (exact) mass is 399 g/mol. The summed E-state index contributed by atoms with van der Waals surface area (Å²) >= 11 is 8.48. The van der Waals surface area contributed by atoms with Crippen molar-refractivity contribution in [1.29, 1.82) is 0 Å². The van der Waals surface area contributed by atoms with Gasteiger partial charge < -0.3 is 5.32 Å². The lowest BCUT2D eigenvalue weighted by atomic mass is 9.95. The number of rotatable bonds is 4. The zero-order chi connectivity index (χ0) is 14.7. The lowest BCUT2D eigenvalue weighted by Gasteiger charge is -2.18. The van der Waals surface area contributed by atoms with Crippen LogP contribution in [-0.4, -0.2) is 7.05 Å². The molecule has 1 atom stereocenters. The Morgan fingerprint density at radius 1 is 0.950 bits per heavy atom. The first kappa shape index (κ1) is 15.8. The van der Waals surface area contributed by atoms with E-state index in [2.05, 4.69) is 78.2 Å². The molecule has 20 heavy (non-hydrogen) atoms. The maximum atomic E-state index is 6.23. The molecular weight excluding hydrogens is 381 g/mol. The van der Waals surface area contributed by atoms with Gasteiger partial charge >= 0.3 is 0 Å². The molecule has 106 valence electrons. The molecule has 3 heteroatoms. The summed E-state index contributed by atoms with van der Waals surface area (Å²) in [5.74, 6) is 0.560. The van der Waals surface area contributed by atoms with Crippen molar-refractivity contribution in [3.8, 4) is 0 Å². The molecule has 1 unspecified atom stereocenters. The fourth-order valence-electron chi connectivity index (χ4n) is 2.29. The lowest BCUT2D eigenvalue weighted by molar-refractivity contribution is 0.691. The quantitative estimate of drug-likeness (QED) is 0.681. The molecule has 0 aliphatic rings. The molecule has 0 radical (unpaired) electrons. The van der Waals surface area contributed by atoms with Crippen LogP contribution in [0.3, 0.4) is 0 Å². The van der Waals surface area contributed by atoms with E-state index in [0.717, 1.165) is 8.59 Å². The molecule has 0 aromatic heterocycles. The van der Waals surface area contributed by atoms with E-state index in [0.29, 0.717) is 5.92 Å². The molecule has 0 bridgehead atoms. The first-order valence-corrected chi connectivity index (χ1v) is 8.20. The van der Waals surface area contributed by atoms with Crippen LogP contribution in [0.5, 0.6) is 0 Å². The lowest BCUT2D eigenvalue weighted by Crippen LogP contribution is -2.17. The highest BCUT2D eigenvalue weighted by Gasteiger charge is 2.13. The van der Waals surface area contributed by atoms with E-state index in [4.69, 9.17) is 11.6 Å². The van der Waals surface area contributed by atoms with Crippen LogP contribution in [0.25, 0.3) is 0 Å². The van der Waals surface area contributed by atoms with Gasteiger partial charge in [-0.2, -0.15) is 0 Å². The number of nitrogens with one attached hydrogen (secondary N) is 1. The Bertz CT molecular complexity index is 578. The van der Waals surface area contributed by atoms with Crippen molar-refractivity contribution < 1.29 is 0 Å². The van der Waals surface area contributed by atoms with E-state index in [1.54, 1.807) is 0 Å². The SMILES string of the molecule is CNC(c1ccc(C(C)C)cc1)c1ccc(I)c(Cl)c1. The molecule has 0 heterocycles. The van der Waals surface area contributed by atoms with Crippen LogP contribution < -0.4 is 5.32 Å². The summed E-state index contributed by atoms with van der Waals surface area (Å²) < 4.78 is 1.08. The van der Waals surface area contributed by atoms with Gasteiger partial charge in [0.25, 0.3) is 0 Å². The molecule has 1 N–H and O–H groups in total. The maximum absolute atomic E-state index is 6.23. The number of halogens is 2. The molecule has 0 spiro atoms. The minimum absolute atomic E-state index is 0.172. The first-order valence-electron chi connectivity index (χ1n) is 6.75. The van der Waals surface area contributed by atoms with Gasteiger partial charge in [0.05, 0.1) is 11.1 Å². The van der Waals surface area contributed by atoms with Crippen molar-refractivity contribution >= 4 is 34.2 Å². The Morgan fingerprint density at radius 3 is 2.00 bits per heavy atom. The highest BCUT2D eigenvalue weighted by molar-refractivity contribution is 14.1. The van der Waals surface area contributed by atoms with Gasteiger partial charge in [-0.05, 0) is 64.4 Å². The van der Waals surface area contributed by atoms with Gasteiger partial charge in [-0.15, -0.1) is 0 Å². The molecule has 0 saturated heterocycles. The minimum Gasteiger partial charge on any atom is -0.309 e. The summed E-state index contributed by atoms with van der Waals surface area (Å²) in [5, 5.41) is 4.18. The summed E-state index contributed by atoms with van der Waals surface area (Å²) in [5.41, 5.74) is 3.81. The molecular formula is C17H19ClIN. The van der Waals surface area contributed by atoms with Gasteiger partial charge in [0.1, 0.15) is 0 Å². The molecule has 2 rings (SSSR count). The van der Waals surface area contributed by atoms with Crippen molar-refractivity contribution in [3.63, 3.8) is 0 Å². The van der Waals surface area contributed by atoms with Crippen molar-refractivity contribution in [1.82, 2.24) is 5.32 Å². The van der Waals surface area contributed by atoms with E-state index >= 15 is 0 Å². The Kier molecular flexibility index (Phi) is 5.47. The van der Waals surface area contributed by atoms with E-state index < -0.39 is 0 Å². The Labute approximate surface area is 139 Å². The standard InChI is InChI=1S/C17H19ClIN/c1-11(2)12-4-6-13(7-5-12)17(20-3)14-8-9-16(19)15(18)10-14/h4-11,17,20H,1-3H3. The predicted octanol–water partition coefficient (Wildman–Crippen LogP) is 5.38. The number of hydrogen-bond donors (Lipinski definition) is 1. The van der Waals surface area contributed by atoms with Crippen molar-refractivity contribution in [3.05, 3.63) is 67.7 Å². The highest BCUT2D eigenvalue weighted by atomic mass is 127. The first-order chi connectivity index (χ1) is 9.52. The molecule has 1 nitrogen and oxygen atoms in total. The second-order valence-corrected chi connectivity index (χ2v) is 6.79.